The van der Waals surface area contributed by atoms with Gasteiger partial charge in [-0.2, -0.15) is 13.2 Å². The van der Waals surface area contributed by atoms with Gasteiger partial charge in [-0.05, 0) is 43.9 Å². The number of rotatable bonds is 8. The number of carbonyl (C=O) groups is 2. The number of hydrogen-bond donors (Lipinski definition) is 1. The van der Waals surface area contributed by atoms with Gasteiger partial charge in [0.25, 0.3) is 0 Å². The molecule has 1 saturated carbocycles. The summed E-state index contributed by atoms with van der Waals surface area (Å²) in [7, 11) is 0. The minimum absolute atomic E-state index is 0.0402. The lowest BCUT2D eigenvalue weighted by molar-refractivity contribution is -0.140. The van der Waals surface area contributed by atoms with Gasteiger partial charge in [-0.3, -0.25) is 15.0 Å². The fraction of sp³-hybridized carbons (Fsp3) is 0.476. The van der Waals surface area contributed by atoms with E-state index in [0.717, 1.165) is 43.1 Å². The van der Waals surface area contributed by atoms with Crippen LogP contribution in [-0.4, -0.2) is 35.9 Å². The molecule has 1 aromatic heterocycles. The number of nitrogens with one attached hydrogen (secondary N) is 1. The first kappa shape index (κ1) is 25.3. The molecule has 0 spiro atoms. The fourth-order valence-corrected chi connectivity index (χ4v) is 5.19. The highest BCUT2D eigenvalue weighted by Gasteiger charge is 2.35. The van der Waals surface area contributed by atoms with Crippen LogP contribution in [0.15, 0.2) is 28.6 Å². The zero-order valence-electron chi connectivity index (χ0n) is 17.8. The van der Waals surface area contributed by atoms with Gasteiger partial charge in [0, 0.05) is 12.2 Å². The van der Waals surface area contributed by atoms with Crippen LogP contribution in [0.25, 0.3) is 0 Å². The molecule has 1 fully saturated rings. The maximum Gasteiger partial charge on any atom is 0.419 e. The van der Waals surface area contributed by atoms with Gasteiger partial charge < -0.3 is 4.74 Å². The molecule has 2 amide bonds. The number of hydrogen-bond acceptors (Lipinski definition) is 6. The Labute approximate surface area is 196 Å². The molecule has 1 N–H and O–H groups in total. The highest BCUT2D eigenvalue weighted by Crippen LogP contribution is 2.35. The second kappa shape index (κ2) is 11.2. The molecule has 2 aromatic rings. The Morgan fingerprint density at radius 2 is 2.03 bits per heavy atom. The summed E-state index contributed by atoms with van der Waals surface area (Å²) in [5.74, 6) is -1.54. The van der Waals surface area contributed by atoms with Crippen molar-refractivity contribution in [2.75, 3.05) is 29.1 Å². The Kier molecular flexibility index (Phi) is 8.57. The van der Waals surface area contributed by atoms with Crippen molar-refractivity contribution in [1.29, 1.82) is 0 Å². The van der Waals surface area contributed by atoms with Crippen molar-refractivity contribution in [1.82, 2.24) is 4.98 Å². The predicted octanol–water partition coefficient (Wildman–Crippen LogP) is 6.18. The number of carbonyl (C=O) groups excluding carboxylic acids is 2. The smallest absolute Gasteiger partial charge is 0.419 e. The van der Waals surface area contributed by atoms with Crippen LogP contribution < -0.4 is 10.2 Å². The van der Waals surface area contributed by atoms with Crippen molar-refractivity contribution in [2.24, 2.45) is 5.92 Å². The summed E-state index contributed by atoms with van der Waals surface area (Å²) in [5.41, 5.74) is -1.46. The van der Waals surface area contributed by atoms with E-state index in [1.807, 2.05) is 0 Å². The SMILES string of the molecule is CCOC(=O)CSc1cnc(NC(=O)N(CC2CCCC2)c2ccc(F)c(C(F)(F)F)c2)s1. The molecule has 0 atom stereocenters. The zero-order chi connectivity index (χ0) is 24.0. The van der Waals surface area contributed by atoms with E-state index >= 15 is 0 Å². The Balaban J connectivity index is 1.76. The van der Waals surface area contributed by atoms with Crippen LogP contribution in [0.4, 0.5) is 33.2 Å². The van der Waals surface area contributed by atoms with Gasteiger partial charge in [0.15, 0.2) is 5.13 Å². The third kappa shape index (κ3) is 7.07. The number of ether oxygens (including phenoxy) is 1. The molecule has 0 unspecified atom stereocenters. The second-order valence-electron chi connectivity index (χ2n) is 7.43. The van der Waals surface area contributed by atoms with Gasteiger partial charge in [-0.15, -0.1) is 11.8 Å². The molecule has 3 rings (SSSR count). The van der Waals surface area contributed by atoms with E-state index in [9.17, 15) is 27.2 Å². The molecule has 0 bridgehead atoms. The van der Waals surface area contributed by atoms with E-state index in [0.29, 0.717) is 10.3 Å². The molecule has 0 aliphatic heterocycles. The lowest BCUT2D eigenvalue weighted by Crippen LogP contribution is -2.38. The van der Waals surface area contributed by atoms with Crippen molar-refractivity contribution in [2.45, 2.75) is 43.0 Å². The second-order valence-corrected chi connectivity index (χ2v) is 9.74. The average molecular weight is 506 g/mol. The number of nitrogens with zero attached hydrogens (tertiary/aromatic N) is 2. The molecule has 1 aliphatic rings. The van der Waals surface area contributed by atoms with Crippen LogP contribution in [0.3, 0.4) is 0 Å². The van der Waals surface area contributed by atoms with Crippen LogP contribution in [0.5, 0.6) is 0 Å². The maximum atomic E-state index is 13.8. The quantitative estimate of drug-likeness (QED) is 0.263. The zero-order valence-corrected chi connectivity index (χ0v) is 19.4. The minimum Gasteiger partial charge on any atom is -0.465 e. The van der Waals surface area contributed by atoms with Crippen LogP contribution in [0, 0.1) is 11.7 Å². The first-order chi connectivity index (χ1) is 15.7. The number of benzene rings is 1. The molecule has 0 radical (unpaired) electrons. The van der Waals surface area contributed by atoms with Crippen LogP contribution in [0.2, 0.25) is 0 Å². The van der Waals surface area contributed by atoms with Crippen LogP contribution in [0.1, 0.15) is 38.2 Å². The molecule has 1 aromatic carbocycles. The largest absolute Gasteiger partial charge is 0.465 e. The van der Waals surface area contributed by atoms with Crippen molar-refractivity contribution >= 4 is 45.9 Å². The van der Waals surface area contributed by atoms with Gasteiger partial charge in [0.2, 0.25) is 0 Å². The number of halogens is 4. The summed E-state index contributed by atoms with van der Waals surface area (Å²) in [6.07, 6.45) is 0.322. The highest BCUT2D eigenvalue weighted by molar-refractivity contribution is 8.01. The maximum absolute atomic E-state index is 13.8. The summed E-state index contributed by atoms with van der Waals surface area (Å²) in [5, 5.41) is 2.85. The molecule has 33 heavy (non-hydrogen) atoms. The number of esters is 1. The third-order valence-corrected chi connectivity index (χ3v) is 7.14. The fourth-order valence-electron chi connectivity index (χ4n) is 3.53. The predicted molar refractivity (Wildman–Crippen MR) is 119 cm³/mol. The normalized spacial score (nSPS) is 14.3. The van der Waals surface area contributed by atoms with Gasteiger partial charge in [0.1, 0.15) is 5.82 Å². The molecular weight excluding hydrogens is 482 g/mol. The van der Waals surface area contributed by atoms with Crippen LogP contribution in [-0.2, 0) is 15.7 Å². The van der Waals surface area contributed by atoms with E-state index in [2.05, 4.69) is 10.3 Å². The molecule has 0 saturated heterocycles. The number of amides is 2. The van der Waals surface area contributed by atoms with E-state index < -0.39 is 23.6 Å². The monoisotopic (exact) mass is 505 g/mol. The number of thiazole rings is 1. The summed E-state index contributed by atoms with van der Waals surface area (Å²) in [4.78, 5) is 29.8. The summed E-state index contributed by atoms with van der Waals surface area (Å²) in [6.45, 7) is 2.20. The number of anilines is 2. The van der Waals surface area contributed by atoms with Gasteiger partial charge >= 0.3 is 18.2 Å². The summed E-state index contributed by atoms with van der Waals surface area (Å²) < 4.78 is 59.0. The molecule has 12 heteroatoms. The Morgan fingerprint density at radius 1 is 1.30 bits per heavy atom. The summed E-state index contributed by atoms with van der Waals surface area (Å²) in [6, 6.07) is 1.90. The first-order valence-corrected chi connectivity index (χ1v) is 12.2. The minimum atomic E-state index is -4.88. The van der Waals surface area contributed by atoms with Crippen molar-refractivity contribution in [3.05, 3.63) is 35.8 Å². The number of alkyl halides is 3. The van der Waals surface area contributed by atoms with Gasteiger partial charge in [-0.25, -0.2) is 14.2 Å². The molecule has 6 nitrogen and oxygen atoms in total. The molecule has 1 aliphatic carbocycles. The van der Waals surface area contributed by atoms with Gasteiger partial charge in [-0.1, -0.05) is 24.2 Å². The Hall–Kier alpha value is -2.34. The topological polar surface area (TPSA) is 71.5 Å². The number of aromatic nitrogens is 1. The van der Waals surface area contributed by atoms with Gasteiger partial charge in [0.05, 0.1) is 28.3 Å². The van der Waals surface area contributed by atoms with Crippen molar-refractivity contribution in [3.63, 3.8) is 0 Å². The number of thioether (sulfide) groups is 1. The average Bonchev–Trinajstić information content (AvgIpc) is 3.42. The van der Waals surface area contributed by atoms with E-state index in [1.54, 1.807) is 6.92 Å². The lowest BCUT2D eigenvalue weighted by atomic mass is 10.1. The van der Waals surface area contributed by atoms with E-state index in [4.69, 9.17) is 4.74 Å². The number of urea groups is 1. The Bertz CT molecular complexity index is 978. The third-order valence-electron chi connectivity index (χ3n) is 5.06. The molecule has 180 valence electrons. The summed E-state index contributed by atoms with van der Waals surface area (Å²) >= 11 is 2.34. The van der Waals surface area contributed by atoms with Crippen molar-refractivity contribution < 1.29 is 31.9 Å². The van der Waals surface area contributed by atoms with Crippen molar-refractivity contribution in [3.8, 4) is 0 Å². The van der Waals surface area contributed by atoms with Crippen LogP contribution >= 0.6 is 23.1 Å². The molecular formula is C21H23F4N3O3S2. The van der Waals surface area contributed by atoms with E-state index in [1.165, 1.54) is 28.9 Å². The first-order valence-electron chi connectivity index (χ1n) is 10.4. The standard InChI is InChI=1S/C21H23F4N3O3S2/c1-2-31-17(29)12-32-18-10-26-19(33-18)27-20(30)28(11-13-5-3-4-6-13)14-7-8-16(22)15(9-14)21(23,24)25/h7-10,13H,2-6,11-12H2,1H3,(H,26,27,30). The van der Waals surface area contributed by atoms with E-state index in [-0.39, 0.29) is 41.6 Å². The Morgan fingerprint density at radius 3 is 2.70 bits per heavy atom. The lowest BCUT2D eigenvalue weighted by Gasteiger charge is -2.26. The highest BCUT2D eigenvalue weighted by atomic mass is 32.2. The molecule has 1 heterocycles.